The molecule has 2 aromatic rings. The molecule has 0 saturated heterocycles. The third kappa shape index (κ3) is 4.93. The fourth-order valence-electron chi connectivity index (χ4n) is 3.02. The monoisotopic (exact) mass is 366 g/mol. The second kappa shape index (κ2) is 8.81. The molecule has 24 heavy (non-hydrogen) atoms. The first-order chi connectivity index (χ1) is 11.7. The van der Waals surface area contributed by atoms with Crippen molar-refractivity contribution >= 4 is 22.9 Å². The molecular formula is C18H23ClN2O2S. The molecule has 1 aromatic heterocycles. The molecule has 3 rings (SSSR count). The fourth-order valence-corrected chi connectivity index (χ4v) is 3.91. The van der Waals surface area contributed by atoms with Crippen molar-refractivity contribution in [2.45, 2.75) is 57.9 Å². The van der Waals surface area contributed by atoms with Gasteiger partial charge in [-0.3, -0.25) is 0 Å². The second-order valence-corrected chi connectivity index (χ2v) is 7.53. The Balaban J connectivity index is 1.61. The van der Waals surface area contributed by atoms with Gasteiger partial charge < -0.3 is 15.2 Å². The zero-order valence-corrected chi connectivity index (χ0v) is 15.2. The summed E-state index contributed by atoms with van der Waals surface area (Å²) in [5.74, 6) is 0.837. The van der Waals surface area contributed by atoms with Crippen LogP contribution in [-0.4, -0.2) is 16.1 Å². The van der Waals surface area contributed by atoms with Crippen molar-refractivity contribution in [1.82, 2.24) is 10.3 Å². The Kier molecular flexibility index (Phi) is 6.49. The normalized spacial score (nSPS) is 15.6. The summed E-state index contributed by atoms with van der Waals surface area (Å²) in [6, 6.07) is 6.33. The minimum atomic E-state index is -0.0337. The highest BCUT2D eigenvalue weighted by Crippen LogP contribution is 2.25. The number of aliphatic hydroxyl groups is 1. The summed E-state index contributed by atoms with van der Waals surface area (Å²) < 4.78 is 5.94. The van der Waals surface area contributed by atoms with Gasteiger partial charge in [0, 0.05) is 28.6 Å². The minimum absolute atomic E-state index is 0.0337. The van der Waals surface area contributed by atoms with Crippen molar-refractivity contribution in [2.24, 2.45) is 0 Å². The van der Waals surface area contributed by atoms with Crippen LogP contribution in [0.5, 0.6) is 5.75 Å². The molecule has 1 fully saturated rings. The lowest BCUT2D eigenvalue weighted by atomic mass is 9.95. The summed E-state index contributed by atoms with van der Waals surface area (Å²) in [5, 5.41) is 16.2. The van der Waals surface area contributed by atoms with Crippen molar-refractivity contribution < 1.29 is 9.84 Å². The summed E-state index contributed by atoms with van der Waals surface area (Å²) >= 11 is 7.66. The van der Waals surface area contributed by atoms with Crippen molar-refractivity contribution in [3.8, 4) is 5.75 Å². The minimum Gasteiger partial charge on any atom is -0.486 e. The Bertz CT molecular complexity index is 656. The van der Waals surface area contributed by atoms with Crippen LogP contribution < -0.4 is 10.1 Å². The first-order valence-electron chi connectivity index (χ1n) is 8.43. The lowest BCUT2D eigenvalue weighted by molar-refractivity contribution is 0.274. The Morgan fingerprint density at radius 1 is 1.29 bits per heavy atom. The Morgan fingerprint density at radius 3 is 2.88 bits per heavy atom. The summed E-state index contributed by atoms with van der Waals surface area (Å²) in [7, 11) is 0. The first-order valence-corrected chi connectivity index (χ1v) is 9.69. The Labute approximate surface area is 151 Å². The van der Waals surface area contributed by atoms with Crippen LogP contribution in [0.25, 0.3) is 0 Å². The number of thiazole rings is 1. The van der Waals surface area contributed by atoms with E-state index in [0.717, 1.165) is 27.9 Å². The quantitative estimate of drug-likeness (QED) is 0.767. The summed E-state index contributed by atoms with van der Waals surface area (Å²) in [5.41, 5.74) is 1.76. The molecule has 4 nitrogen and oxygen atoms in total. The molecule has 1 aliphatic carbocycles. The number of hydrogen-bond donors (Lipinski definition) is 2. The van der Waals surface area contributed by atoms with Crippen LogP contribution in [0.15, 0.2) is 23.6 Å². The van der Waals surface area contributed by atoms with Gasteiger partial charge >= 0.3 is 0 Å². The van der Waals surface area contributed by atoms with Gasteiger partial charge in [0.05, 0.1) is 12.3 Å². The van der Waals surface area contributed by atoms with Gasteiger partial charge in [-0.05, 0) is 31.0 Å². The molecule has 0 radical (unpaired) electrons. The Hall–Kier alpha value is -1.14. The number of ether oxygens (including phenoxy) is 1. The average Bonchev–Trinajstić information content (AvgIpc) is 3.08. The van der Waals surface area contributed by atoms with Crippen molar-refractivity contribution in [3.63, 3.8) is 0 Å². The number of aromatic nitrogens is 1. The molecule has 1 aliphatic rings. The topological polar surface area (TPSA) is 54.4 Å². The molecule has 1 saturated carbocycles. The first kappa shape index (κ1) is 17.7. The van der Waals surface area contributed by atoms with E-state index in [1.54, 1.807) is 0 Å². The average molecular weight is 367 g/mol. The molecule has 0 spiro atoms. The van der Waals surface area contributed by atoms with E-state index in [0.29, 0.717) is 18.3 Å². The van der Waals surface area contributed by atoms with Crippen LogP contribution in [0.3, 0.4) is 0 Å². The number of benzene rings is 1. The maximum atomic E-state index is 9.09. The van der Waals surface area contributed by atoms with E-state index in [1.165, 1.54) is 43.4 Å². The predicted octanol–water partition coefficient (Wildman–Crippen LogP) is 4.29. The molecule has 0 unspecified atom stereocenters. The SMILES string of the molecule is OCc1csc(COc2ccc(Cl)cc2CNC2CCCCC2)n1. The second-order valence-electron chi connectivity index (χ2n) is 6.15. The predicted molar refractivity (Wildman–Crippen MR) is 97.5 cm³/mol. The molecule has 130 valence electrons. The third-order valence-electron chi connectivity index (χ3n) is 4.32. The van der Waals surface area contributed by atoms with Gasteiger partial charge in [0.15, 0.2) is 0 Å². The van der Waals surface area contributed by atoms with Crippen LogP contribution in [0.2, 0.25) is 5.02 Å². The van der Waals surface area contributed by atoms with Gasteiger partial charge in [-0.25, -0.2) is 4.98 Å². The molecular weight excluding hydrogens is 344 g/mol. The number of halogens is 1. The van der Waals surface area contributed by atoms with Crippen LogP contribution in [0.4, 0.5) is 0 Å². The molecule has 6 heteroatoms. The van der Waals surface area contributed by atoms with Crippen molar-refractivity contribution in [2.75, 3.05) is 0 Å². The number of nitrogens with zero attached hydrogens (tertiary/aromatic N) is 1. The third-order valence-corrected chi connectivity index (χ3v) is 5.43. The van der Waals surface area contributed by atoms with E-state index >= 15 is 0 Å². The van der Waals surface area contributed by atoms with Crippen molar-refractivity contribution in [3.05, 3.63) is 44.9 Å². The van der Waals surface area contributed by atoms with Crippen molar-refractivity contribution in [1.29, 1.82) is 0 Å². The van der Waals surface area contributed by atoms with E-state index in [-0.39, 0.29) is 6.61 Å². The summed E-state index contributed by atoms with van der Waals surface area (Å²) in [6.07, 6.45) is 6.48. The summed E-state index contributed by atoms with van der Waals surface area (Å²) in [6.45, 7) is 1.14. The fraction of sp³-hybridized carbons (Fsp3) is 0.500. The molecule has 0 bridgehead atoms. The lowest BCUT2D eigenvalue weighted by Gasteiger charge is -2.23. The van der Waals surface area contributed by atoms with Gasteiger partial charge in [-0.2, -0.15) is 0 Å². The number of rotatable bonds is 7. The van der Waals surface area contributed by atoms with Gasteiger partial charge in [0.25, 0.3) is 0 Å². The van der Waals surface area contributed by atoms with E-state index in [1.807, 2.05) is 23.6 Å². The standard InChI is InChI=1S/C18H23ClN2O2S/c19-14-6-7-17(23-11-18-21-16(10-22)12-24-18)13(8-14)9-20-15-4-2-1-3-5-15/h6-8,12,15,20,22H,1-5,9-11H2. The molecule has 0 amide bonds. The van der Waals surface area contributed by atoms with Crippen LogP contribution >= 0.6 is 22.9 Å². The molecule has 0 aliphatic heterocycles. The van der Waals surface area contributed by atoms with Crippen LogP contribution in [-0.2, 0) is 19.8 Å². The van der Waals surface area contributed by atoms with Crippen LogP contribution in [0, 0.1) is 0 Å². The van der Waals surface area contributed by atoms with Gasteiger partial charge in [-0.15, -0.1) is 11.3 Å². The maximum absolute atomic E-state index is 9.09. The highest BCUT2D eigenvalue weighted by atomic mass is 35.5. The zero-order chi connectivity index (χ0) is 16.8. The van der Waals surface area contributed by atoms with Crippen LogP contribution in [0.1, 0.15) is 48.4 Å². The van der Waals surface area contributed by atoms with E-state index in [2.05, 4.69) is 10.3 Å². The summed E-state index contributed by atoms with van der Waals surface area (Å²) in [4.78, 5) is 4.31. The maximum Gasteiger partial charge on any atom is 0.140 e. The molecule has 0 atom stereocenters. The number of aliphatic hydroxyl groups excluding tert-OH is 1. The highest BCUT2D eigenvalue weighted by molar-refractivity contribution is 7.09. The lowest BCUT2D eigenvalue weighted by Crippen LogP contribution is -2.30. The largest absolute Gasteiger partial charge is 0.486 e. The Morgan fingerprint density at radius 2 is 2.12 bits per heavy atom. The number of hydrogen-bond acceptors (Lipinski definition) is 5. The molecule has 2 N–H and O–H groups in total. The number of nitrogens with one attached hydrogen (secondary N) is 1. The van der Waals surface area contributed by atoms with Gasteiger partial charge in [0.1, 0.15) is 17.4 Å². The van der Waals surface area contributed by atoms with Gasteiger partial charge in [-0.1, -0.05) is 30.9 Å². The smallest absolute Gasteiger partial charge is 0.140 e. The zero-order valence-electron chi connectivity index (χ0n) is 13.6. The van der Waals surface area contributed by atoms with E-state index < -0.39 is 0 Å². The highest BCUT2D eigenvalue weighted by Gasteiger charge is 2.14. The molecule has 1 heterocycles. The van der Waals surface area contributed by atoms with E-state index in [4.69, 9.17) is 21.4 Å². The molecule has 1 aromatic carbocycles. The van der Waals surface area contributed by atoms with Gasteiger partial charge in [0.2, 0.25) is 0 Å². The van der Waals surface area contributed by atoms with E-state index in [9.17, 15) is 0 Å².